The van der Waals surface area contributed by atoms with Crippen molar-refractivity contribution >= 4 is 0 Å². The van der Waals surface area contributed by atoms with Gasteiger partial charge in [0.25, 0.3) is 0 Å². The van der Waals surface area contributed by atoms with Crippen molar-refractivity contribution in [3.05, 3.63) is 71.3 Å². The van der Waals surface area contributed by atoms with E-state index in [4.69, 9.17) is 28.1 Å². The summed E-state index contributed by atoms with van der Waals surface area (Å²) in [6.07, 6.45) is 2.22. The highest BCUT2D eigenvalue weighted by molar-refractivity contribution is 5.38. The number of nitrogens with zero attached hydrogens (tertiary/aromatic N) is 4. The number of fused-ring (bicyclic) bond motifs is 2. The molecule has 0 radical (unpaired) electrons. The van der Waals surface area contributed by atoms with Gasteiger partial charge in [0.05, 0.1) is 41.3 Å². The van der Waals surface area contributed by atoms with Crippen molar-refractivity contribution in [3.8, 4) is 0 Å². The zero-order valence-electron chi connectivity index (χ0n) is 30.2. The van der Waals surface area contributed by atoms with Crippen molar-refractivity contribution in [2.75, 3.05) is 65.7 Å². The van der Waals surface area contributed by atoms with Gasteiger partial charge in [-0.3, -0.25) is 19.6 Å². The van der Waals surface area contributed by atoms with E-state index in [0.717, 1.165) is 91.6 Å². The maximum absolute atomic E-state index is 14.1. The molecule has 2 aromatic rings. The van der Waals surface area contributed by atoms with Crippen LogP contribution >= 0.6 is 0 Å². The first-order chi connectivity index (χ1) is 24.1. The minimum Gasteiger partial charge on any atom is -0.379 e. The van der Waals surface area contributed by atoms with E-state index in [1.807, 2.05) is 24.3 Å². The molecule has 4 bridgehead atoms. The number of rotatable bonds is 8. The summed E-state index contributed by atoms with van der Waals surface area (Å²) in [4.78, 5) is 11.2. The van der Waals surface area contributed by atoms with Gasteiger partial charge in [0.1, 0.15) is 11.6 Å². The third-order valence-corrected chi connectivity index (χ3v) is 14.1. The second kappa shape index (κ2) is 13.8. The Hall–Kier alpha value is -1.81. The van der Waals surface area contributed by atoms with Crippen molar-refractivity contribution in [2.45, 2.75) is 77.8 Å². The molecule has 8 rings (SSSR count). The lowest BCUT2D eigenvalue weighted by Gasteiger charge is -2.69. The first kappa shape index (κ1) is 37.5. The highest BCUT2D eigenvalue weighted by atomic mass is 35.7. The molecular weight excluding hydrogens is 682 g/mol. The highest BCUT2D eigenvalue weighted by Gasteiger charge is 2.85. The van der Waals surface area contributed by atoms with Gasteiger partial charge in [-0.05, 0) is 59.1 Å². The summed E-state index contributed by atoms with van der Waals surface area (Å²) in [5.41, 5.74) is 2.53. The minimum absolute atomic E-state index is 0.0147. The van der Waals surface area contributed by atoms with Crippen molar-refractivity contribution in [2.24, 2.45) is 21.7 Å². The molecule has 51 heavy (non-hydrogen) atoms. The van der Waals surface area contributed by atoms with Crippen molar-refractivity contribution in [1.82, 2.24) is 19.6 Å². The molecule has 0 spiro atoms. The Bertz CT molecular complexity index is 1400. The number of ether oxygens (including phenoxy) is 2. The lowest BCUT2D eigenvalue weighted by Crippen LogP contribution is -2.75. The van der Waals surface area contributed by atoms with E-state index in [1.165, 1.54) is 11.1 Å². The molecule has 1 N–H and O–H groups in total. The predicted octanol–water partition coefficient (Wildman–Crippen LogP) is 1.14. The predicted molar refractivity (Wildman–Crippen MR) is 177 cm³/mol. The van der Waals surface area contributed by atoms with Crippen LogP contribution in [0.15, 0.2) is 48.5 Å². The molecule has 4 saturated heterocycles. The molecule has 6 atom stereocenters. The summed E-state index contributed by atoms with van der Waals surface area (Å²) in [6, 6.07) is 16.1. The van der Waals surface area contributed by atoms with Gasteiger partial charge in [0, 0.05) is 87.4 Å². The molecule has 13 heteroatoms. The van der Waals surface area contributed by atoms with Crippen LogP contribution in [0, 0.1) is 43.5 Å². The van der Waals surface area contributed by atoms with Crippen molar-refractivity contribution in [1.29, 1.82) is 0 Å². The minimum atomic E-state index is -4.69. The normalized spacial score (nSPS) is 34.8. The van der Waals surface area contributed by atoms with E-state index in [2.05, 4.69) is 47.3 Å². The SMILES string of the molecule is CC1(C)[C@H]2C[C@@H]3N(Cc4ccc(F)cc4)[C@@H]4C[C@H](N2Cc2ccc(F)cc2)[C@]1(CN1CCOCC1)[C@@]3(CN1CCOCC1)C4(C)C.[O-][Cl+3]([O-])([O-])O. The fourth-order valence-corrected chi connectivity index (χ4v) is 12.2. The van der Waals surface area contributed by atoms with Gasteiger partial charge in [-0.25, -0.2) is 8.78 Å². The Balaban J connectivity index is 0.000000761. The number of likely N-dealkylation sites (tertiary alicyclic amines) is 2. The second-order valence-electron chi connectivity index (χ2n) is 16.7. The van der Waals surface area contributed by atoms with Crippen LogP contribution in [0.1, 0.15) is 51.7 Å². The molecule has 2 aromatic carbocycles. The number of halogens is 3. The largest absolute Gasteiger partial charge is 0.379 e. The molecule has 4 aliphatic heterocycles. The number of benzene rings is 2. The second-order valence-corrected chi connectivity index (χ2v) is 17.5. The maximum Gasteiger partial charge on any atom is 0.123 e. The van der Waals surface area contributed by atoms with Gasteiger partial charge in [0.15, 0.2) is 0 Å². The summed E-state index contributed by atoms with van der Waals surface area (Å²) in [7, 11) is -4.69. The Morgan fingerprint density at radius 2 is 0.941 bits per heavy atom. The molecule has 6 aliphatic rings. The van der Waals surface area contributed by atoms with E-state index in [-0.39, 0.29) is 33.3 Å². The molecular formula is C38H53ClF2N4O6. The molecule has 2 aliphatic carbocycles. The summed E-state index contributed by atoms with van der Waals surface area (Å²) in [5, 5.41) is 0. The monoisotopic (exact) mass is 734 g/mol. The summed E-state index contributed by atoms with van der Waals surface area (Å²) in [5.74, 6) is -0.343. The van der Waals surface area contributed by atoms with Gasteiger partial charge in [-0.1, -0.05) is 52.0 Å². The van der Waals surface area contributed by atoms with Gasteiger partial charge in [0.2, 0.25) is 0 Å². The van der Waals surface area contributed by atoms with E-state index in [1.54, 1.807) is 24.3 Å². The van der Waals surface area contributed by atoms with Crippen LogP contribution in [0.2, 0.25) is 0 Å². The summed E-state index contributed by atoms with van der Waals surface area (Å²) in [6.45, 7) is 21.4. The molecule has 0 unspecified atom stereocenters. The van der Waals surface area contributed by atoms with E-state index in [9.17, 15) is 8.78 Å². The lowest BCUT2D eigenvalue weighted by atomic mass is 9.35. The summed E-state index contributed by atoms with van der Waals surface area (Å²) < 4.78 is 72.6. The summed E-state index contributed by atoms with van der Waals surface area (Å²) >= 11 is 0. The Labute approximate surface area is 302 Å². The first-order valence-corrected chi connectivity index (χ1v) is 19.6. The smallest absolute Gasteiger partial charge is 0.123 e. The van der Waals surface area contributed by atoms with Gasteiger partial charge < -0.3 is 9.47 Å². The highest BCUT2D eigenvalue weighted by Crippen LogP contribution is 2.80. The molecule has 0 aromatic heterocycles. The van der Waals surface area contributed by atoms with Gasteiger partial charge in [-0.2, -0.15) is 14.0 Å². The van der Waals surface area contributed by atoms with Crippen LogP contribution in [0.5, 0.6) is 0 Å². The average Bonchev–Trinajstić information content (AvgIpc) is 3.26. The van der Waals surface area contributed by atoms with Crippen LogP contribution in [-0.2, 0) is 22.6 Å². The van der Waals surface area contributed by atoms with Gasteiger partial charge in [-0.15, -0.1) is 0 Å². The molecule has 6 fully saturated rings. The Kier molecular flexibility index (Phi) is 10.1. The zero-order valence-corrected chi connectivity index (χ0v) is 31.0. The topological polar surface area (TPSA) is 121 Å². The number of hydrogen-bond donors (Lipinski definition) is 1. The fourth-order valence-electron chi connectivity index (χ4n) is 12.2. The van der Waals surface area contributed by atoms with E-state index >= 15 is 0 Å². The molecule has 0 amide bonds. The third kappa shape index (κ3) is 6.36. The Morgan fingerprint density at radius 1 is 0.627 bits per heavy atom. The lowest BCUT2D eigenvalue weighted by molar-refractivity contribution is -1.92. The van der Waals surface area contributed by atoms with Gasteiger partial charge >= 0.3 is 0 Å². The van der Waals surface area contributed by atoms with E-state index in [0.29, 0.717) is 24.2 Å². The van der Waals surface area contributed by atoms with Crippen LogP contribution < -0.4 is 14.0 Å². The Morgan fingerprint density at radius 3 is 1.25 bits per heavy atom. The maximum atomic E-state index is 14.1. The van der Waals surface area contributed by atoms with Crippen LogP contribution in [0.25, 0.3) is 0 Å². The quantitative estimate of drug-likeness (QED) is 0.423. The number of morpholine rings is 2. The van der Waals surface area contributed by atoms with Crippen LogP contribution in [0.3, 0.4) is 0 Å². The number of hydrogen-bond acceptors (Lipinski definition) is 10. The fraction of sp³-hybridized carbons (Fsp3) is 0.684. The van der Waals surface area contributed by atoms with Crippen LogP contribution in [-0.4, -0.2) is 114 Å². The third-order valence-electron chi connectivity index (χ3n) is 14.1. The average molecular weight is 735 g/mol. The standard InChI is InChI=1S/C38H52F2N4O2.ClHO4/c1-35(2)31-21-34-38(26-42-15-19-46-20-16-42)36(3,4)32(44(34)24-28-7-11-30(40)12-8-28)22-33(37(35,38)25-41-13-17-45-18-14-41)43(31)23-27-5-9-29(39)10-6-27;2-1(3,4)5/h5-12,31-34H,13-26H2,1-4H3;(H,2,3,4,5)/t31-,32-,33+,34+,37-,38+;/m1./s1. The molecule has 2 saturated carbocycles. The first-order valence-electron chi connectivity index (χ1n) is 18.3. The van der Waals surface area contributed by atoms with E-state index < -0.39 is 10.2 Å². The molecule has 4 heterocycles. The van der Waals surface area contributed by atoms with Crippen molar-refractivity contribution < 1.29 is 47.1 Å². The van der Waals surface area contributed by atoms with Crippen molar-refractivity contribution in [3.63, 3.8) is 0 Å². The zero-order chi connectivity index (χ0) is 36.4. The molecule has 10 nitrogen and oxygen atoms in total. The van der Waals surface area contributed by atoms with Crippen LogP contribution in [0.4, 0.5) is 8.78 Å². The molecule has 282 valence electrons.